The number of piperazine rings is 1. The van der Waals surface area contributed by atoms with Gasteiger partial charge in [-0.05, 0) is 32.1 Å². The van der Waals surface area contributed by atoms with Crippen molar-refractivity contribution in [1.29, 1.82) is 0 Å². The van der Waals surface area contributed by atoms with E-state index < -0.39 is 0 Å². The first-order chi connectivity index (χ1) is 10.1. The Morgan fingerprint density at radius 1 is 1.33 bits per heavy atom. The van der Waals surface area contributed by atoms with Gasteiger partial charge in [0.05, 0.1) is 0 Å². The van der Waals surface area contributed by atoms with Gasteiger partial charge < -0.3 is 10.2 Å². The van der Waals surface area contributed by atoms with E-state index in [2.05, 4.69) is 41.2 Å². The van der Waals surface area contributed by atoms with Crippen LogP contribution in [-0.2, 0) is 5.41 Å². The summed E-state index contributed by atoms with van der Waals surface area (Å²) in [4.78, 5) is 7.21. The number of anilines is 1. The quantitative estimate of drug-likeness (QED) is 0.895. The van der Waals surface area contributed by atoms with Crippen molar-refractivity contribution >= 4 is 5.95 Å². The summed E-state index contributed by atoms with van der Waals surface area (Å²) < 4.78 is 0. The van der Waals surface area contributed by atoms with Gasteiger partial charge in [-0.15, -0.1) is 5.10 Å². The largest absolute Gasteiger partial charge is 0.337 e. The molecule has 118 valence electrons. The summed E-state index contributed by atoms with van der Waals surface area (Å²) in [7, 11) is 0. The number of rotatable bonds is 4. The maximum atomic E-state index is 4.91. The van der Waals surface area contributed by atoms with Crippen molar-refractivity contribution in [2.75, 3.05) is 24.5 Å². The van der Waals surface area contributed by atoms with E-state index >= 15 is 0 Å². The van der Waals surface area contributed by atoms with E-state index in [1.807, 2.05) is 0 Å². The van der Waals surface area contributed by atoms with Crippen LogP contribution in [0.1, 0.15) is 58.7 Å². The first kappa shape index (κ1) is 14.8. The third-order valence-corrected chi connectivity index (χ3v) is 4.99. The molecule has 0 aromatic carbocycles. The highest BCUT2D eigenvalue weighted by Crippen LogP contribution is 2.44. The molecule has 2 fully saturated rings. The van der Waals surface area contributed by atoms with Crippen molar-refractivity contribution in [3.63, 3.8) is 0 Å². The van der Waals surface area contributed by atoms with E-state index in [0.29, 0.717) is 12.0 Å². The van der Waals surface area contributed by atoms with Crippen LogP contribution in [0.25, 0.3) is 0 Å². The molecule has 3 rings (SSSR count). The molecule has 1 aromatic rings. The lowest BCUT2D eigenvalue weighted by Gasteiger charge is -2.31. The van der Waals surface area contributed by atoms with E-state index in [4.69, 9.17) is 4.98 Å². The van der Waals surface area contributed by atoms with Crippen LogP contribution in [0, 0.1) is 5.92 Å². The highest BCUT2D eigenvalue weighted by atomic mass is 15.4. The fraction of sp³-hybridized carbons (Fsp3) is 0.875. The molecule has 5 nitrogen and oxygen atoms in total. The standard InChI is InChI=1S/C16H29N5/c1-12(2)10-16(6-4-5-7-16)14-18-15(20-19-14)21-9-8-17-13(3)11-21/h12-13,17H,4-11H2,1-3H3,(H,18,19,20). The van der Waals surface area contributed by atoms with Crippen molar-refractivity contribution < 1.29 is 0 Å². The second-order valence-corrected chi connectivity index (χ2v) is 7.37. The summed E-state index contributed by atoms with van der Waals surface area (Å²) in [5, 5.41) is 11.3. The van der Waals surface area contributed by atoms with Gasteiger partial charge in [0, 0.05) is 31.1 Å². The monoisotopic (exact) mass is 291 g/mol. The van der Waals surface area contributed by atoms with Gasteiger partial charge in [0.25, 0.3) is 0 Å². The summed E-state index contributed by atoms with van der Waals surface area (Å²) >= 11 is 0. The molecule has 1 saturated carbocycles. The van der Waals surface area contributed by atoms with Crippen molar-refractivity contribution in [2.45, 2.75) is 64.3 Å². The SMILES string of the molecule is CC(C)CC1(c2nc(N3CCNC(C)C3)n[nH]2)CCCC1. The van der Waals surface area contributed by atoms with Crippen molar-refractivity contribution in [3.05, 3.63) is 5.82 Å². The van der Waals surface area contributed by atoms with Gasteiger partial charge in [0.2, 0.25) is 5.95 Å². The van der Waals surface area contributed by atoms with E-state index in [-0.39, 0.29) is 5.41 Å². The van der Waals surface area contributed by atoms with E-state index in [1.165, 1.54) is 32.1 Å². The lowest BCUT2D eigenvalue weighted by molar-refractivity contribution is 0.329. The molecule has 0 radical (unpaired) electrons. The molecule has 1 atom stereocenters. The van der Waals surface area contributed by atoms with Crippen LogP contribution >= 0.6 is 0 Å². The van der Waals surface area contributed by atoms with Crippen LogP contribution in [0.2, 0.25) is 0 Å². The number of nitrogens with one attached hydrogen (secondary N) is 2. The lowest BCUT2D eigenvalue weighted by atomic mass is 9.78. The number of aromatic nitrogens is 3. The second-order valence-electron chi connectivity index (χ2n) is 7.37. The summed E-state index contributed by atoms with van der Waals surface area (Å²) in [6.07, 6.45) is 6.40. The molecule has 2 N–H and O–H groups in total. The molecular formula is C16H29N5. The van der Waals surface area contributed by atoms with Crippen molar-refractivity contribution in [2.24, 2.45) is 5.92 Å². The minimum absolute atomic E-state index is 0.249. The maximum Gasteiger partial charge on any atom is 0.244 e. The average molecular weight is 291 g/mol. The van der Waals surface area contributed by atoms with Crippen LogP contribution in [0.5, 0.6) is 0 Å². The molecule has 0 spiro atoms. The predicted octanol–water partition coefficient (Wildman–Crippen LogP) is 2.46. The fourth-order valence-corrected chi connectivity index (χ4v) is 4.12. The highest BCUT2D eigenvalue weighted by Gasteiger charge is 2.39. The van der Waals surface area contributed by atoms with Crippen molar-refractivity contribution in [3.8, 4) is 0 Å². The van der Waals surface area contributed by atoms with Crippen LogP contribution in [-0.4, -0.2) is 40.9 Å². The number of aromatic amines is 1. The zero-order valence-corrected chi connectivity index (χ0v) is 13.7. The number of nitrogens with zero attached hydrogens (tertiary/aromatic N) is 3. The molecule has 1 aliphatic carbocycles. The molecule has 1 aliphatic heterocycles. The normalized spacial score (nSPS) is 25.7. The number of H-pyrrole nitrogens is 1. The van der Waals surface area contributed by atoms with Crippen molar-refractivity contribution in [1.82, 2.24) is 20.5 Å². The molecule has 21 heavy (non-hydrogen) atoms. The smallest absolute Gasteiger partial charge is 0.244 e. The third-order valence-electron chi connectivity index (χ3n) is 4.99. The first-order valence-corrected chi connectivity index (χ1v) is 8.50. The molecule has 5 heteroatoms. The lowest BCUT2D eigenvalue weighted by Crippen LogP contribution is -2.49. The highest BCUT2D eigenvalue weighted by molar-refractivity contribution is 5.32. The molecule has 0 bridgehead atoms. The average Bonchev–Trinajstić information content (AvgIpc) is 3.07. The van der Waals surface area contributed by atoms with E-state index in [0.717, 1.165) is 31.4 Å². The number of hydrogen-bond acceptors (Lipinski definition) is 4. The Balaban J connectivity index is 1.79. The summed E-state index contributed by atoms with van der Waals surface area (Å²) in [6, 6.07) is 0.511. The minimum Gasteiger partial charge on any atom is -0.337 e. The third kappa shape index (κ3) is 3.07. The summed E-state index contributed by atoms with van der Waals surface area (Å²) in [5.41, 5.74) is 0.249. The Labute approximate surface area is 127 Å². The van der Waals surface area contributed by atoms with Crippen LogP contribution in [0.3, 0.4) is 0 Å². The Hall–Kier alpha value is -1.10. The minimum atomic E-state index is 0.249. The topological polar surface area (TPSA) is 56.8 Å². The molecule has 1 saturated heterocycles. The van der Waals surface area contributed by atoms with Crippen LogP contribution in [0.15, 0.2) is 0 Å². The van der Waals surface area contributed by atoms with Gasteiger partial charge in [-0.1, -0.05) is 26.7 Å². The summed E-state index contributed by atoms with van der Waals surface area (Å²) in [5.74, 6) is 2.74. The molecule has 2 aliphatic rings. The maximum absolute atomic E-state index is 4.91. The Kier molecular flexibility index (Phi) is 4.20. The Morgan fingerprint density at radius 2 is 2.10 bits per heavy atom. The van der Waals surface area contributed by atoms with Gasteiger partial charge in [0.15, 0.2) is 0 Å². The zero-order valence-electron chi connectivity index (χ0n) is 13.7. The molecule has 2 heterocycles. The second kappa shape index (κ2) is 5.95. The Bertz CT molecular complexity index is 461. The fourth-order valence-electron chi connectivity index (χ4n) is 4.12. The van der Waals surface area contributed by atoms with E-state index in [9.17, 15) is 0 Å². The van der Waals surface area contributed by atoms with Gasteiger partial charge >= 0.3 is 0 Å². The molecule has 1 aromatic heterocycles. The van der Waals surface area contributed by atoms with Gasteiger partial charge in [0.1, 0.15) is 5.82 Å². The van der Waals surface area contributed by atoms with E-state index in [1.54, 1.807) is 0 Å². The molecule has 1 unspecified atom stereocenters. The zero-order chi connectivity index (χ0) is 14.9. The first-order valence-electron chi connectivity index (χ1n) is 8.50. The molecular weight excluding hydrogens is 262 g/mol. The van der Waals surface area contributed by atoms with Gasteiger partial charge in [-0.25, -0.2) is 0 Å². The molecule has 0 amide bonds. The van der Waals surface area contributed by atoms with Crippen LogP contribution in [0.4, 0.5) is 5.95 Å². The van der Waals surface area contributed by atoms with Gasteiger partial charge in [-0.2, -0.15) is 4.98 Å². The Morgan fingerprint density at radius 3 is 2.76 bits per heavy atom. The van der Waals surface area contributed by atoms with Gasteiger partial charge in [-0.3, -0.25) is 5.10 Å². The number of hydrogen-bond donors (Lipinski definition) is 2. The predicted molar refractivity (Wildman–Crippen MR) is 85.7 cm³/mol. The summed E-state index contributed by atoms with van der Waals surface area (Å²) in [6.45, 7) is 9.86. The van der Waals surface area contributed by atoms with Crippen LogP contribution < -0.4 is 10.2 Å².